The fourth-order valence-electron chi connectivity index (χ4n) is 11.4. The molecule has 8 aliphatic carbocycles. The number of benzene rings is 2. The van der Waals surface area contributed by atoms with E-state index < -0.39 is 21.5 Å². The minimum Gasteiger partial charge on any atom is -0.435 e. The fourth-order valence-corrected chi connectivity index (χ4v) is 12.1. The molecule has 0 radical (unpaired) electrons. The second-order valence-electron chi connectivity index (χ2n) is 14.6. The Labute approximate surface area is 237 Å². The van der Waals surface area contributed by atoms with Crippen molar-refractivity contribution in [2.24, 2.45) is 41.4 Å². The molecular formula is C34H40O5S. The van der Waals surface area contributed by atoms with Crippen molar-refractivity contribution in [2.75, 3.05) is 0 Å². The molecule has 0 amide bonds. The molecule has 8 aliphatic rings. The molecule has 0 heterocycles. The molecule has 0 saturated heterocycles. The summed E-state index contributed by atoms with van der Waals surface area (Å²) in [6.45, 7) is 0. The molecule has 8 saturated carbocycles. The highest BCUT2D eigenvalue weighted by Crippen LogP contribution is 2.63. The SMILES string of the molecule is O=C(OC(c1ccccc1)S(=O)(=O)O)c1cc(C2C3CC4CC(C3)CC2C4)ccc1C12CC3CC(CC(C3)C1)C2. The molecule has 212 valence electrons. The van der Waals surface area contributed by atoms with Crippen LogP contribution in [0.15, 0.2) is 48.5 Å². The van der Waals surface area contributed by atoms with Crippen LogP contribution in [-0.4, -0.2) is 18.9 Å². The van der Waals surface area contributed by atoms with Crippen molar-refractivity contribution >= 4 is 16.1 Å². The maximum Gasteiger partial charge on any atom is 0.340 e. The van der Waals surface area contributed by atoms with E-state index in [-0.39, 0.29) is 11.0 Å². The van der Waals surface area contributed by atoms with Crippen LogP contribution in [-0.2, 0) is 20.3 Å². The topological polar surface area (TPSA) is 80.7 Å². The fraction of sp³-hybridized carbons (Fsp3) is 0.618. The van der Waals surface area contributed by atoms with E-state index in [1.54, 1.807) is 30.3 Å². The number of carbonyl (C=O) groups is 1. The highest BCUT2D eigenvalue weighted by molar-refractivity contribution is 7.85. The number of rotatable bonds is 6. The minimum atomic E-state index is -4.67. The van der Waals surface area contributed by atoms with E-state index >= 15 is 0 Å². The first-order valence-electron chi connectivity index (χ1n) is 15.6. The van der Waals surface area contributed by atoms with E-state index in [0.717, 1.165) is 36.7 Å². The first-order valence-corrected chi connectivity index (χ1v) is 17.1. The Morgan fingerprint density at radius 1 is 0.775 bits per heavy atom. The van der Waals surface area contributed by atoms with E-state index in [9.17, 15) is 17.8 Å². The number of esters is 1. The van der Waals surface area contributed by atoms with Crippen molar-refractivity contribution in [1.82, 2.24) is 0 Å². The van der Waals surface area contributed by atoms with Crippen LogP contribution in [0.1, 0.15) is 109 Å². The Morgan fingerprint density at radius 3 is 1.88 bits per heavy atom. The predicted molar refractivity (Wildman–Crippen MR) is 152 cm³/mol. The van der Waals surface area contributed by atoms with Gasteiger partial charge in [0.25, 0.3) is 5.44 Å². The molecule has 1 atom stereocenters. The van der Waals surface area contributed by atoms with Gasteiger partial charge in [0.05, 0.1) is 5.56 Å². The molecule has 40 heavy (non-hydrogen) atoms. The lowest BCUT2D eigenvalue weighted by Gasteiger charge is -2.57. The van der Waals surface area contributed by atoms with Crippen LogP contribution in [0.3, 0.4) is 0 Å². The maximum atomic E-state index is 14.1. The smallest absolute Gasteiger partial charge is 0.340 e. The molecule has 5 nitrogen and oxygen atoms in total. The van der Waals surface area contributed by atoms with E-state index in [0.29, 0.717) is 41.1 Å². The molecule has 1 unspecified atom stereocenters. The van der Waals surface area contributed by atoms with Crippen LogP contribution < -0.4 is 0 Å². The maximum absolute atomic E-state index is 14.1. The van der Waals surface area contributed by atoms with Gasteiger partial charge in [0.2, 0.25) is 0 Å². The highest BCUT2D eigenvalue weighted by atomic mass is 32.2. The van der Waals surface area contributed by atoms with Gasteiger partial charge in [-0.15, -0.1) is 0 Å². The van der Waals surface area contributed by atoms with Gasteiger partial charge >= 0.3 is 16.1 Å². The summed E-state index contributed by atoms with van der Waals surface area (Å²) in [5.41, 5.74) is 1.31. The van der Waals surface area contributed by atoms with Crippen molar-refractivity contribution in [2.45, 2.75) is 87.4 Å². The van der Waals surface area contributed by atoms with Crippen molar-refractivity contribution in [1.29, 1.82) is 0 Å². The Kier molecular flexibility index (Phi) is 5.84. The Hall–Kier alpha value is -2.18. The monoisotopic (exact) mass is 560 g/mol. The Morgan fingerprint density at radius 2 is 1.32 bits per heavy atom. The van der Waals surface area contributed by atoms with Crippen LogP contribution in [0, 0.1) is 41.4 Å². The summed E-state index contributed by atoms with van der Waals surface area (Å²) < 4.78 is 40.8. The van der Waals surface area contributed by atoms with Gasteiger partial charge in [-0.3, -0.25) is 4.55 Å². The van der Waals surface area contributed by atoms with Gasteiger partial charge in [-0.25, -0.2) is 4.79 Å². The molecular weight excluding hydrogens is 520 g/mol. The third kappa shape index (κ3) is 4.19. The van der Waals surface area contributed by atoms with Crippen molar-refractivity contribution in [3.05, 3.63) is 70.8 Å². The van der Waals surface area contributed by atoms with Gasteiger partial charge in [-0.05, 0) is 141 Å². The lowest BCUT2D eigenvalue weighted by Crippen LogP contribution is -2.49. The van der Waals surface area contributed by atoms with Gasteiger partial charge in [0.1, 0.15) is 0 Å². The Balaban J connectivity index is 1.20. The van der Waals surface area contributed by atoms with E-state index in [2.05, 4.69) is 18.2 Å². The normalized spacial score (nSPS) is 39.8. The van der Waals surface area contributed by atoms with E-state index in [1.165, 1.54) is 56.9 Å². The lowest BCUT2D eigenvalue weighted by atomic mass is 9.47. The zero-order valence-corrected chi connectivity index (χ0v) is 23.9. The van der Waals surface area contributed by atoms with Crippen LogP contribution in [0.5, 0.6) is 0 Å². The Bertz CT molecular complexity index is 1370. The molecule has 1 N–H and O–H groups in total. The summed E-state index contributed by atoms with van der Waals surface area (Å²) in [7, 11) is -4.67. The number of ether oxygens (including phenoxy) is 1. The molecule has 10 rings (SSSR count). The zero-order valence-electron chi connectivity index (χ0n) is 23.1. The quantitative estimate of drug-likeness (QED) is 0.293. The van der Waals surface area contributed by atoms with Crippen LogP contribution in [0.2, 0.25) is 0 Å². The largest absolute Gasteiger partial charge is 0.435 e. The summed E-state index contributed by atoms with van der Waals surface area (Å²) in [4.78, 5) is 14.1. The zero-order chi connectivity index (χ0) is 27.2. The second-order valence-corrected chi connectivity index (χ2v) is 16.1. The number of hydrogen-bond donors (Lipinski definition) is 1. The molecule has 2 aromatic rings. The summed E-state index contributed by atoms with van der Waals surface area (Å²) in [6.07, 6.45) is 13.8. The molecule has 2 aromatic carbocycles. The van der Waals surface area contributed by atoms with Gasteiger partial charge in [-0.2, -0.15) is 8.42 Å². The van der Waals surface area contributed by atoms with Crippen LogP contribution >= 0.6 is 0 Å². The number of carbonyl (C=O) groups excluding carboxylic acids is 1. The third-order valence-electron chi connectivity index (χ3n) is 12.0. The van der Waals surface area contributed by atoms with Gasteiger partial charge in [0.15, 0.2) is 0 Å². The molecule has 8 bridgehead atoms. The van der Waals surface area contributed by atoms with Crippen LogP contribution in [0.4, 0.5) is 0 Å². The van der Waals surface area contributed by atoms with Gasteiger partial charge in [0, 0.05) is 5.56 Å². The predicted octanol–water partition coefficient (Wildman–Crippen LogP) is 7.44. The molecule has 6 heteroatoms. The molecule has 8 fully saturated rings. The van der Waals surface area contributed by atoms with Gasteiger partial charge in [-0.1, -0.05) is 42.5 Å². The summed E-state index contributed by atoms with van der Waals surface area (Å²) >= 11 is 0. The minimum absolute atomic E-state index is 0.0357. The van der Waals surface area contributed by atoms with Gasteiger partial charge < -0.3 is 4.74 Å². The lowest BCUT2D eigenvalue weighted by molar-refractivity contribution is -0.00677. The first-order chi connectivity index (χ1) is 19.2. The molecule has 0 aromatic heterocycles. The highest BCUT2D eigenvalue weighted by Gasteiger charge is 2.53. The summed E-state index contributed by atoms with van der Waals surface area (Å²) in [5.74, 6) is 5.10. The average Bonchev–Trinajstić information content (AvgIpc) is 2.90. The molecule has 0 aliphatic heterocycles. The second kappa shape index (κ2) is 9.16. The van der Waals surface area contributed by atoms with Crippen molar-refractivity contribution in [3.63, 3.8) is 0 Å². The molecule has 0 spiro atoms. The average molecular weight is 561 g/mol. The van der Waals surface area contributed by atoms with Crippen LogP contribution in [0.25, 0.3) is 0 Å². The summed E-state index contributed by atoms with van der Waals surface area (Å²) in [6, 6.07) is 14.9. The van der Waals surface area contributed by atoms with Crippen molar-refractivity contribution < 1.29 is 22.5 Å². The standard InChI is InChI=1S/C34H40O5S/c35-32(39-33(40(36,37)38)25-4-2-1-3-5-25)29-16-26(31-27-12-20-8-21(14-27)15-28(31)13-20)6-7-30(29)34-17-22-9-23(18-34)11-24(10-22)19-34/h1-7,16,20-24,27-28,31,33H,8-15,17-19H2,(H,36,37,38). The van der Waals surface area contributed by atoms with E-state index in [1.807, 2.05) is 0 Å². The first kappa shape index (κ1) is 25.5. The van der Waals surface area contributed by atoms with E-state index in [4.69, 9.17) is 4.74 Å². The third-order valence-corrected chi connectivity index (χ3v) is 13.0. The number of hydrogen-bond acceptors (Lipinski definition) is 4. The van der Waals surface area contributed by atoms with Crippen molar-refractivity contribution in [3.8, 4) is 0 Å². The summed E-state index contributed by atoms with van der Waals surface area (Å²) in [5, 5.41) is 0.